The highest BCUT2D eigenvalue weighted by molar-refractivity contribution is 6.30. The van der Waals surface area contributed by atoms with Crippen molar-refractivity contribution in [2.24, 2.45) is 0 Å². The van der Waals surface area contributed by atoms with E-state index < -0.39 is 0 Å². The van der Waals surface area contributed by atoms with Crippen LogP contribution in [0.4, 0.5) is 0 Å². The summed E-state index contributed by atoms with van der Waals surface area (Å²) in [7, 11) is 0. The van der Waals surface area contributed by atoms with Gasteiger partial charge in [-0.2, -0.15) is 5.10 Å². The maximum atomic E-state index is 5.99. The Morgan fingerprint density at radius 3 is 2.35 bits per heavy atom. The van der Waals surface area contributed by atoms with Crippen LogP contribution in [0.5, 0.6) is 0 Å². The number of hydrogen-bond acceptors (Lipinski definition) is 2. The Balaban J connectivity index is 1.98. The van der Waals surface area contributed by atoms with E-state index in [9.17, 15) is 0 Å². The molecule has 112 valence electrons. The van der Waals surface area contributed by atoms with Crippen LogP contribution in [-0.2, 0) is 0 Å². The van der Waals surface area contributed by atoms with Crippen LogP contribution in [0.15, 0.2) is 66.7 Å². The molecule has 4 aromatic rings. The highest BCUT2D eigenvalue weighted by Crippen LogP contribution is 2.27. The summed E-state index contributed by atoms with van der Waals surface area (Å²) in [6.45, 7) is 1.98. The van der Waals surface area contributed by atoms with E-state index in [-0.39, 0.29) is 0 Å². The van der Waals surface area contributed by atoms with Gasteiger partial charge in [-0.3, -0.25) is 0 Å². The molecule has 0 N–H and O–H groups in total. The van der Waals surface area contributed by atoms with Gasteiger partial charge in [-0.1, -0.05) is 54.1 Å². The number of benzene rings is 2. The van der Waals surface area contributed by atoms with Crippen LogP contribution in [0.25, 0.3) is 28.2 Å². The van der Waals surface area contributed by atoms with Gasteiger partial charge in [-0.15, -0.1) is 0 Å². The minimum atomic E-state index is 0.721. The molecular weight excluding hydrogens is 306 g/mol. The van der Waals surface area contributed by atoms with Gasteiger partial charge in [0.2, 0.25) is 0 Å². The van der Waals surface area contributed by atoms with Crippen molar-refractivity contribution < 1.29 is 0 Å². The number of aromatic nitrogens is 3. The van der Waals surface area contributed by atoms with E-state index in [1.165, 1.54) is 0 Å². The van der Waals surface area contributed by atoms with Gasteiger partial charge in [-0.25, -0.2) is 9.50 Å². The third kappa shape index (κ3) is 2.60. The van der Waals surface area contributed by atoms with E-state index in [0.717, 1.165) is 38.9 Å². The molecule has 23 heavy (non-hydrogen) atoms. The fourth-order valence-corrected chi connectivity index (χ4v) is 2.80. The molecular formula is C19H14ClN3. The minimum absolute atomic E-state index is 0.721. The molecule has 0 aliphatic heterocycles. The number of rotatable bonds is 2. The average Bonchev–Trinajstić information content (AvgIpc) is 2.95. The first-order valence-corrected chi connectivity index (χ1v) is 7.77. The van der Waals surface area contributed by atoms with Gasteiger partial charge in [0.1, 0.15) is 0 Å². The summed E-state index contributed by atoms with van der Waals surface area (Å²) in [6.07, 6.45) is 0. The van der Waals surface area contributed by atoms with E-state index >= 15 is 0 Å². The third-order valence-electron chi connectivity index (χ3n) is 3.76. The molecule has 0 unspecified atom stereocenters. The molecule has 0 radical (unpaired) electrons. The van der Waals surface area contributed by atoms with Gasteiger partial charge in [0.25, 0.3) is 0 Å². The molecule has 0 aliphatic rings. The molecule has 0 amide bonds. The van der Waals surface area contributed by atoms with Crippen molar-refractivity contribution in [2.45, 2.75) is 6.92 Å². The summed E-state index contributed by atoms with van der Waals surface area (Å²) < 4.78 is 1.89. The zero-order valence-corrected chi connectivity index (χ0v) is 13.3. The summed E-state index contributed by atoms with van der Waals surface area (Å²) in [6, 6.07) is 22.0. The second-order valence-electron chi connectivity index (χ2n) is 5.46. The van der Waals surface area contributed by atoms with E-state index in [1.807, 2.05) is 60.0 Å². The second-order valence-corrected chi connectivity index (χ2v) is 5.89. The molecule has 0 spiro atoms. The zero-order valence-electron chi connectivity index (χ0n) is 12.6. The summed E-state index contributed by atoms with van der Waals surface area (Å²) in [5.41, 5.74) is 5.87. The highest BCUT2D eigenvalue weighted by Gasteiger charge is 2.11. The van der Waals surface area contributed by atoms with Gasteiger partial charge in [0, 0.05) is 22.2 Å². The van der Waals surface area contributed by atoms with Crippen LogP contribution in [0.2, 0.25) is 5.02 Å². The summed E-state index contributed by atoms with van der Waals surface area (Å²) in [5.74, 6) is 0. The minimum Gasteiger partial charge on any atom is -0.228 e. The zero-order chi connectivity index (χ0) is 15.8. The molecule has 2 aromatic carbocycles. The Morgan fingerprint density at radius 1 is 0.870 bits per heavy atom. The smallest absolute Gasteiger partial charge is 0.156 e. The van der Waals surface area contributed by atoms with E-state index in [1.54, 1.807) is 0 Å². The molecule has 0 bridgehead atoms. The lowest BCUT2D eigenvalue weighted by Crippen LogP contribution is -1.98. The first-order chi connectivity index (χ1) is 11.2. The molecule has 4 heteroatoms. The van der Waals surface area contributed by atoms with Crippen molar-refractivity contribution >= 4 is 17.2 Å². The lowest BCUT2D eigenvalue weighted by atomic mass is 10.1. The lowest BCUT2D eigenvalue weighted by molar-refractivity contribution is 0.926. The van der Waals surface area contributed by atoms with Crippen LogP contribution in [-0.4, -0.2) is 14.6 Å². The fourth-order valence-electron chi connectivity index (χ4n) is 2.67. The largest absolute Gasteiger partial charge is 0.228 e. The number of hydrogen-bond donors (Lipinski definition) is 0. The number of aryl methyl sites for hydroxylation is 1. The predicted octanol–water partition coefficient (Wildman–Crippen LogP) is 5.03. The topological polar surface area (TPSA) is 30.2 Å². The van der Waals surface area contributed by atoms with Gasteiger partial charge in [0.05, 0.1) is 17.1 Å². The molecule has 4 rings (SSSR count). The molecule has 3 nitrogen and oxygen atoms in total. The Morgan fingerprint density at radius 2 is 1.61 bits per heavy atom. The summed E-state index contributed by atoms with van der Waals surface area (Å²) in [4.78, 5) is 4.74. The highest BCUT2D eigenvalue weighted by atomic mass is 35.5. The van der Waals surface area contributed by atoms with Crippen LogP contribution in [0, 0.1) is 6.92 Å². The number of fused-ring (bicyclic) bond motifs is 1. The number of nitrogens with zero attached hydrogens (tertiary/aromatic N) is 3. The average molecular weight is 320 g/mol. The van der Waals surface area contributed by atoms with Gasteiger partial charge in [-0.05, 0) is 25.1 Å². The third-order valence-corrected chi connectivity index (χ3v) is 4.01. The quantitative estimate of drug-likeness (QED) is 0.519. The maximum absolute atomic E-state index is 5.99. The normalized spacial score (nSPS) is 11.0. The Bertz CT molecular complexity index is 973. The van der Waals surface area contributed by atoms with E-state index in [2.05, 4.69) is 23.3 Å². The lowest BCUT2D eigenvalue weighted by Gasteiger charge is -2.08. The van der Waals surface area contributed by atoms with Gasteiger partial charge in [0.15, 0.2) is 5.65 Å². The van der Waals surface area contributed by atoms with Crippen LogP contribution >= 0.6 is 11.6 Å². The fraction of sp³-hybridized carbons (Fsp3) is 0.0526. The van der Waals surface area contributed by atoms with Crippen LogP contribution in [0.1, 0.15) is 5.69 Å². The Kier molecular flexibility index (Phi) is 3.36. The molecule has 0 atom stereocenters. The first-order valence-electron chi connectivity index (χ1n) is 7.39. The van der Waals surface area contributed by atoms with Crippen LogP contribution in [0.3, 0.4) is 0 Å². The molecule has 0 saturated carbocycles. The van der Waals surface area contributed by atoms with Crippen molar-refractivity contribution in [3.05, 3.63) is 77.4 Å². The standard InChI is InChI=1S/C19H14ClN3/c1-13-11-19-21-17(14-7-9-16(20)10-8-14)12-18(23(19)22-13)15-5-3-2-4-6-15/h2-12H,1H3. The molecule has 2 aromatic heterocycles. The summed E-state index contributed by atoms with van der Waals surface area (Å²) >= 11 is 5.99. The monoisotopic (exact) mass is 319 g/mol. The predicted molar refractivity (Wildman–Crippen MR) is 93.6 cm³/mol. The van der Waals surface area contributed by atoms with Crippen molar-refractivity contribution in [1.29, 1.82) is 0 Å². The van der Waals surface area contributed by atoms with Crippen molar-refractivity contribution in [1.82, 2.24) is 14.6 Å². The summed E-state index contributed by atoms with van der Waals surface area (Å²) in [5, 5.41) is 5.29. The van der Waals surface area contributed by atoms with Crippen molar-refractivity contribution in [3.63, 3.8) is 0 Å². The van der Waals surface area contributed by atoms with Crippen molar-refractivity contribution in [2.75, 3.05) is 0 Å². The SMILES string of the molecule is Cc1cc2nc(-c3ccc(Cl)cc3)cc(-c3ccccc3)n2n1. The maximum Gasteiger partial charge on any atom is 0.156 e. The van der Waals surface area contributed by atoms with Gasteiger partial charge >= 0.3 is 0 Å². The second kappa shape index (κ2) is 5.52. The molecule has 0 saturated heterocycles. The first kappa shape index (κ1) is 14.0. The Hall–Kier alpha value is -2.65. The van der Waals surface area contributed by atoms with E-state index in [4.69, 9.17) is 16.6 Å². The number of halogens is 1. The molecule has 2 heterocycles. The Labute approximate surface area is 139 Å². The molecule has 0 aliphatic carbocycles. The van der Waals surface area contributed by atoms with Crippen molar-refractivity contribution in [3.8, 4) is 22.5 Å². The van der Waals surface area contributed by atoms with Crippen LogP contribution < -0.4 is 0 Å². The van der Waals surface area contributed by atoms with Gasteiger partial charge < -0.3 is 0 Å². The van der Waals surface area contributed by atoms with E-state index in [0.29, 0.717) is 0 Å². The molecule has 0 fully saturated rings.